The quantitative estimate of drug-likeness (QED) is 0.918. The van der Waals surface area contributed by atoms with E-state index in [-0.39, 0.29) is 17.9 Å². The van der Waals surface area contributed by atoms with Crippen molar-refractivity contribution >= 4 is 34.8 Å². The fourth-order valence-electron chi connectivity index (χ4n) is 2.50. The van der Waals surface area contributed by atoms with Crippen LogP contribution in [-0.2, 0) is 4.79 Å². The predicted molar refractivity (Wildman–Crippen MR) is 92.0 cm³/mol. The van der Waals surface area contributed by atoms with Gasteiger partial charge in [0, 0.05) is 34.9 Å². The normalized spacial score (nSPS) is 13.5. The minimum Gasteiger partial charge on any atom is -0.326 e. The minimum atomic E-state index is -0.119. The molecule has 1 aliphatic carbocycles. The molecule has 1 aliphatic rings. The summed E-state index contributed by atoms with van der Waals surface area (Å²) in [5.74, 6) is -0.172. The standard InChI is InChI=1S/C18H17ClN2O2/c1-12(22)20-15-5-7-16(8-6-15)21(17-9-10-17)18(23)13-3-2-4-14(19)11-13/h2-8,11,17H,9-10H2,1H3,(H,20,22). The molecule has 118 valence electrons. The van der Waals surface area contributed by atoms with E-state index < -0.39 is 0 Å². The van der Waals surface area contributed by atoms with Gasteiger partial charge in [-0.1, -0.05) is 17.7 Å². The second-order valence-electron chi connectivity index (χ2n) is 5.64. The van der Waals surface area contributed by atoms with Crippen LogP contribution in [0.2, 0.25) is 5.02 Å². The topological polar surface area (TPSA) is 49.4 Å². The van der Waals surface area contributed by atoms with Gasteiger partial charge in [-0.25, -0.2) is 0 Å². The molecule has 0 aliphatic heterocycles. The van der Waals surface area contributed by atoms with Crippen LogP contribution in [-0.4, -0.2) is 17.9 Å². The fraction of sp³-hybridized carbons (Fsp3) is 0.222. The lowest BCUT2D eigenvalue weighted by Gasteiger charge is -2.23. The van der Waals surface area contributed by atoms with Crippen molar-refractivity contribution in [3.8, 4) is 0 Å². The molecule has 0 saturated heterocycles. The van der Waals surface area contributed by atoms with E-state index in [0.717, 1.165) is 18.5 Å². The first kappa shape index (κ1) is 15.6. The number of carbonyl (C=O) groups is 2. The Balaban J connectivity index is 1.87. The Labute approximate surface area is 140 Å². The number of nitrogens with one attached hydrogen (secondary N) is 1. The summed E-state index contributed by atoms with van der Waals surface area (Å²) in [6.07, 6.45) is 2.00. The predicted octanol–water partition coefficient (Wildman–Crippen LogP) is 4.11. The van der Waals surface area contributed by atoms with Crippen LogP contribution in [0.25, 0.3) is 0 Å². The molecular weight excluding hydrogens is 312 g/mol. The number of anilines is 2. The van der Waals surface area contributed by atoms with Gasteiger partial charge in [0.05, 0.1) is 0 Å². The van der Waals surface area contributed by atoms with Gasteiger partial charge in [-0.15, -0.1) is 0 Å². The van der Waals surface area contributed by atoms with Crippen LogP contribution >= 0.6 is 11.6 Å². The zero-order valence-electron chi connectivity index (χ0n) is 12.8. The Morgan fingerprint density at radius 1 is 1.13 bits per heavy atom. The highest BCUT2D eigenvalue weighted by molar-refractivity contribution is 6.31. The molecule has 23 heavy (non-hydrogen) atoms. The molecule has 0 aromatic heterocycles. The van der Waals surface area contributed by atoms with E-state index in [2.05, 4.69) is 5.32 Å². The van der Waals surface area contributed by atoms with Gasteiger partial charge in [0.15, 0.2) is 0 Å². The average molecular weight is 329 g/mol. The fourth-order valence-corrected chi connectivity index (χ4v) is 2.69. The smallest absolute Gasteiger partial charge is 0.258 e. The SMILES string of the molecule is CC(=O)Nc1ccc(N(C(=O)c2cccc(Cl)c2)C2CC2)cc1. The van der Waals surface area contributed by atoms with Crippen LogP contribution in [0.4, 0.5) is 11.4 Å². The van der Waals surface area contributed by atoms with Gasteiger partial charge >= 0.3 is 0 Å². The summed E-state index contributed by atoms with van der Waals surface area (Å²) in [4.78, 5) is 25.7. The van der Waals surface area contributed by atoms with Crippen LogP contribution in [0.3, 0.4) is 0 Å². The van der Waals surface area contributed by atoms with E-state index in [0.29, 0.717) is 16.3 Å². The van der Waals surface area contributed by atoms with Crippen molar-refractivity contribution in [2.45, 2.75) is 25.8 Å². The number of nitrogens with zero attached hydrogens (tertiary/aromatic N) is 1. The van der Waals surface area contributed by atoms with Crippen molar-refractivity contribution in [3.05, 3.63) is 59.1 Å². The summed E-state index contributed by atoms with van der Waals surface area (Å²) in [5, 5.41) is 3.27. The van der Waals surface area contributed by atoms with Crippen LogP contribution in [0.1, 0.15) is 30.1 Å². The molecule has 3 rings (SSSR count). The second kappa shape index (κ2) is 6.42. The molecule has 5 heteroatoms. The molecule has 0 unspecified atom stereocenters. The number of rotatable bonds is 4. The number of halogens is 1. The van der Waals surface area contributed by atoms with Gasteiger partial charge in [-0.3, -0.25) is 9.59 Å². The largest absolute Gasteiger partial charge is 0.326 e. The molecule has 0 radical (unpaired) electrons. The third-order valence-corrected chi connectivity index (χ3v) is 3.90. The molecule has 4 nitrogen and oxygen atoms in total. The number of amides is 2. The van der Waals surface area contributed by atoms with Crippen LogP contribution in [0.15, 0.2) is 48.5 Å². The molecular formula is C18H17ClN2O2. The molecule has 1 saturated carbocycles. The Hall–Kier alpha value is -2.33. The maximum absolute atomic E-state index is 12.8. The number of hydrogen-bond donors (Lipinski definition) is 1. The first-order valence-corrected chi connectivity index (χ1v) is 7.89. The van der Waals surface area contributed by atoms with Crippen molar-refractivity contribution in [2.24, 2.45) is 0 Å². The zero-order valence-corrected chi connectivity index (χ0v) is 13.5. The van der Waals surface area contributed by atoms with E-state index in [9.17, 15) is 9.59 Å². The lowest BCUT2D eigenvalue weighted by atomic mass is 10.1. The molecule has 2 aromatic rings. The lowest BCUT2D eigenvalue weighted by Crippen LogP contribution is -2.33. The molecule has 2 amide bonds. The Kier molecular flexibility index (Phi) is 4.35. The van der Waals surface area contributed by atoms with Crippen molar-refractivity contribution in [1.82, 2.24) is 0 Å². The van der Waals surface area contributed by atoms with Crippen LogP contribution in [0, 0.1) is 0 Å². The maximum atomic E-state index is 12.8. The van der Waals surface area contributed by atoms with E-state index in [4.69, 9.17) is 11.6 Å². The van der Waals surface area contributed by atoms with Crippen molar-refractivity contribution < 1.29 is 9.59 Å². The Morgan fingerprint density at radius 2 is 1.83 bits per heavy atom. The van der Waals surface area contributed by atoms with Crippen molar-refractivity contribution in [2.75, 3.05) is 10.2 Å². The molecule has 0 bridgehead atoms. The first-order valence-electron chi connectivity index (χ1n) is 7.51. The highest BCUT2D eigenvalue weighted by Gasteiger charge is 2.34. The van der Waals surface area contributed by atoms with Crippen molar-refractivity contribution in [3.63, 3.8) is 0 Å². The highest BCUT2D eigenvalue weighted by Crippen LogP contribution is 2.33. The van der Waals surface area contributed by atoms with Gasteiger partial charge in [0.1, 0.15) is 0 Å². The van der Waals surface area contributed by atoms with E-state index in [1.54, 1.807) is 36.4 Å². The summed E-state index contributed by atoms with van der Waals surface area (Å²) >= 11 is 5.99. The summed E-state index contributed by atoms with van der Waals surface area (Å²) in [5.41, 5.74) is 2.12. The van der Waals surface area contributed by atoms with Gasteiger partial charge in [-0.05, 0) is 55.3 Å². The third kappa shape index (κ3) is 3.71. The average Bonchev–Trinajstić information content (AvgIpc) is 3.33. The second-order valence-corrected chi connectivity index (χ2v) is 6.08. The Bertz CT molecular complexity index is 739. The summed E-state index contributed by atoms with van der Waals surface area (Å²) in [6, 6.07) is 14.5. The van der Waals surface area contributed by atoms with E-state index in [1.165, 1.54) is 6.92 Å². The summed E-state index contributed by atoms with van der Waals surface area (Å²) < 4.78 is 0. The molecule has 0 heterocycles. The van der Waals surface area contributed by atoms with Gasteiger partial charge < -0.3 is 10.2 Å². The number of carbonyl (C=O) groups excluding carboxylic acids is 2. The number of benzene rings is 2. The molecule has 1 N–H and O–H groups in total. The molecule has 2 aromatic carbocycles. The van der Waals surface area contributed by atoms with Gasteiger partial charge in [0.25, 0.3) is 5.91 Å². The maximum Gasteiger partial charge on any atom is 0.258 e. The lowest BCUT2D eigenvalue weighted by molar-refractivity contribution is -0.114. The molecule has 1 fully saturated rings. The first-order chi connectivity index (χ1) is 11.0. The number of hydrogen-bond acceptors (Lipinski definition) is 2. The van der Waals surface area contributed by atoms with Gasteiger partial charge in [0.2, 0.25) is 5.91 Å². The summed E-state index contributed by atoms with van der Waals surface area (Å²) in [6.45, 7) is 1.47. The molecule has 0 spiro atoms. The Morgan fingerprint density at radius 3 is 2.39 bits per heavy atom. The third-order valence-electron chi connectivity index (χ3n) is 3.67. The van der Waals surface area contributed by atoms with E-state index >= 15 is 0 Å². The molecule has 0 atom stereocenters. The van der Waals surface area contributed by atoms with E-state index in [1.807, 2.05) is 17.0 Å². The monoisotopic (exact) mass is 328 g/mol. The van der Waals surface area contributed by atoms with Crippen LogP contribution < -0.4 is 10.2 Å². The van der Waals surface area contributed by atoms with Crippen LogP contribution in [0.5, 0.6) is 0 Å². The van der Waals surface area contributed by atoms with Gasteiger partial charge in [-0.2, -0.15) is 0 Å². The summed E-state index contributed by atoms with van der Waals surface area (Å²) in [7, 11) is 0. The zero-order chi connectivity index (χ0) is 16.4. The van der Waals surface area contributed by atoms with Crippen molar-refractivity contribution in [1.29, 1.82) is 0 Å². The highest BCUT2D eigenvalue weighted by atomic mass is 35.5. The minimum absolute atomic E-state index is 0.0534.